The number of pyridine rings is 1. The molecule has 0 aliphatic heterocycles. The minimum absolute atomic E-state index is 0.951. The van der Waals surface area contributed by atoms with E-state index in [1.54, 1.807) is 6.20 Å². The summed E-state index contributed by atoms with van der Waals surface area (Å²) in [7, 11) is 0. The van der Waals surface area contributed by atoms with Gasteiger partial charge in [-0.1, -0.05) is 0 Å². The van der Waals surface area contributed by atoms with Gasteiger partial charge in [-0.25, -0.2) is 0 Å². The van der Waals surface area contributed by atoms with Crippen molar-refractivity contribution in [3.63, 3.8) is 0 Å². The number of hydrogen-bond acceptors (Lipinski definition) is 4. The van der Waals surface area contributed by atoms with Crippen LogP contribution in [0.5, 0.6) is 0 Å². The third-order valence-corrected chi connectivity index (χ3v) is 2.99. The Morgan fingerprint density at radius 3 is 3.27 bits per heavy atom. The van der Waals surface area contributed by atoms with Crippen molar-refractivity contribution in [2.24, 2.45) is 0 Å². The molecule has 0 aromatic carbocycles. The van der Waals surface area contributed by atoms with E-state index in [-0.39, 0.29) is 0 Å². The SMILES string of the molecule is INc1snc2cccnc12. The van der Waals surface area contributed by atoms with Gasteiger partial charge in [-0.2, -0.15) is 4.37 Å². The molecule has 0 fully saturated rings. The van der Waals surface area contributed by atoms with E-state index in [9.17, 15) is 0 Å². The first-order valence-electron chi connectivity index (χ1n) is 2.99. The smallest absolute Gasteiger partial charge is 0.144 e. The Bertz CT molecular complexity index is 373. The highest BCUT2D eigenvalue weighted by molar-refractivity contribution is 14.1. The summed E-state index contributed by atoms with van der Waals surface area (Å²) in [6, 6.07) is 3.84. The van der Waals surface area contributed by atoms with Crippen molar-refractivity contribution in [1.29, 1.82) is 0 Å². The second kappa shape index (κ2) is 2.90. The fourth-order valence-corrected chi connectivity index (χ4v) is 2.01. The standard InChI is InChI=1S/C6H4IN3S/c7-9-6-5-4(10-11-6)2-1-3-8-5/h1-3,9H. The van der Waals surface area contributed by atoms with Crippen LogP contribution in [0.2, 0.25) is 0 Å². The molecule has 1 N–H and O–H groups in total. The second-order valence-corrected chi connectivity index (χ2v) is 3.29. The molecular formula is C6H4IN3S. The summed E-state index contributed by atoms with van der Waals surface area (Å²) in [4.78, 5) is 4.19. The Morgan fingerprint density at radius 1 is 1.55 bits per heavy atom. The first-order valence-corrected chi connectivity index (χ1v) is 4.84. The van der Waals surface area contributed by atoms with Gasteiger partial charge in [0.2, 0.25) is 0 Å². The molecule has 56 valence electrons. The van der Waals surface area contributed by atoms with Gasteiger partial charge in [-0.3, -0.25) is 4.98 Å². The van der Waals surface area contributed by atoms with Gasteiger partial charge in [-0.15, -0.1) is 0 Å². The van der Waals surface area contributed by atoms with Crippen molar-refractivity contribution >= 4 is 50.4 Å². The summed E-state index contributed by atoms with van der Waals surface area (Å²) in [5.74, 6) is 0. The average molecular weight is 277 g/mol. The van der Waals surface area contributed by atoms with E-state index in [0.29, 0.717) is 0 Å². The molecule has 11 heavy (non-hydrogen) atoms. The molecule has 0 saturated heterocycles. The normalized spacial score (nSPS) is 10.3. The van der Waals surface area contributed by atoms with Crippen LogP contribution in [0.25, 0.3) is 11.0 Å². The molecule has 0 aliphatic rings. The molecule has 3 nitrogen and oxygen atoms in total. The van der Waals surface area contributed by atoms with Crippen LogP contribution >= 0.6 is 34.4 Å². The van der Waals surface area contributed by atoms with E-state index >= 15 is 0 Å². The van der Waals surface area contributed by atoms with Gasteiger partial charge in [0.15, 0.2) is 0 Å². The van der Waals surface area contributed by atoms with Crippen LogP contribution in [-0.4, -0.2) is 9.36 Å². The Hall–Kier alpha value is -0.430. The molecule has 0 amide bonds. The summed E-state index contributed by atoms with van der Waals surface area (Å²) in [5, 5.41) is 1.02. The number of aromatic nitrogens is 2. The fourth-order valence-electron chi connectivity index (χ4n) is 0.845. The summed E-state index contributed by atoms with van der Waals surface area (Å²) >= 11 is 3.51. The number of anilines is 1. The largest absolute Gasteiger partial charge is 0.317 e. The predicted molar refractivity (Wildman–Crippen MR) is 55.1 cm³/mol. The number of rotatable bonds is 1. The van der Waals surface area contributed by atoms with Crippen LogP contribution in [0.3, 0.4) is 0 Å². The van der Waals surface area contributed by atoms with E-state index in [1.165, 1.54) is 11.5 Å². The molecule has 0 unspecified atom stereocenters. The van der Waals surface area contributed by atoms with Crippen LogP contribution in [0, 0.1) is 0 Å². The summed E-state index contributed by atoms with van der Waals surface area (Å²) in [6.45, 7) is 0. The van der Waals surface area contributed by atoms with E-state index in [0.717, 1.165) is 16.0 Å². The topological polar surface area (TPSA) is 37.8 Å². The number of nitrogens with zero attached hydrogens (tertiary/aromatic N) is 2. The first kappa shape index (κ1) is 7.23. The van der Waals surface area contributed by atoms with Gasteiger partial charge >= 0.3 is 0 Å². The van der Waals surface area contributed by atoms with Crippen molar-refractivity contribution < 1.29 is 0 Å². The summed E-state index contributed by atoms with van der Waals surface area (Å²) < 4.78 is 7.21. The van der Waals surface area contributed by atoms with Crippen molar-refractivity contribution in [3.8, 4) is 0 Å². The molecule has 0 atom stereocenters. The zero-order chi connectivity index (χ0) is 7.68. The highest BCUT2D eigenvalue weighted by Gasteiger charge is 2.03. The van der Waals surface area contributed by atoms with E-state index in [1.807, 2.05) is 12.1 Å². The lowest BCUT2D eigenvalue weighted by Gasteiger charge is -1.89. The van der Waals surface area contributed by atoms with Gasteiger partial charge in [0.1, 0.15) is 16.0 Å². The number of nitrogens with one attached hydrogen (secondary N) is 1. The van der Waals surface area contributed by atoms with Gasteiger partial charge in [0.05, 0.1) is 22.9 Å². The second-order valence-electron chi connectivity index (χ2n) is 1.98. The van der Waals surface area contributed by atoms with Gasteiger partial charge in [-0.05, 0) is 23.7 Å². The maximum Gasteiger partial charge on any atom is 0.144 e. The molecule has 0 bridgehead atoms. The Morgan fingerprint density at radius 2 is 2.45 bits per heavy atom. The maximum atomic E-state index is 4.20. The quantitative estimate of drug-likeness (QED) is 0.642. The van der Waals surface area contributed by atoms with Crippen molar-refractivity contribution in [2.75, 3.05) is 3.53 Å². The maximum absolute atomic E-state index is 4.20. The third kappa shape index (κ3) is 1.18. The van der Waals surface area contributed by atoms with E-state index in [4.69, 9.17) is 0 Å². The monoisotopic (exact) mass is 277 g/mol. The van der Waals surface area contributed by atoms with Crippen LogP contribution in [0.4, 0.5) is 5.00 Å². The lowest BCUT2D eigenvalue weighted by atomic mass is 10.4. The van der Waals surface area contributed by atoms with E-state index < -0.39 is 0 Å². The Kier molecular flexibility index (Phi) is 1.91. The molecule has 5 heteroatoms. The first-order chi connectivity index (χ1) is 5.42. The summed E-state index contributed by atoms with van der Waals surface area (Å²) in [5.41, 5.74) is 1.91. The molecule has 0 saturated carbocycles. The van der Waals surface area contributed by atoms with Crippen LogP contribution in [0.1, 0.15) is 0 Å². The molecule has 2 aromatic rings. The molecule has 0 radical (unpaired) electrons. The lowest BCUT2D eigenvalue weighted by molar-refractivity contribution is 1.42. The highest BCUT2D eigenvalue weighted by Crippen LogP contribution is 2.25. The number of fused-ring (bicyclic) bond motifs is 1. The van der Waals surface area contributed by atoms with Crippen molar-refractivity contribution in [3.05, 3.63) is 18.3 Å². The highest BCUT2D eigenvalue weighted by atomic mass is 127. The molecular weight excluding hydrogens is 273 g/mol. The zero-order valence-corrected chi connectivity index (χ0v) is 8.39. The van der Waals surface area contributed by atoms with Crippen LogP contribution in [-0.2, 0) is 0 Å². The predicted octanol–water partition coefficient (Wildman–Crippen LogP) is 2.45. The fraction of sp³-hybridized carbons (Fsp3) is 0. The van der Waals surface area contributed by atoms with Gasteiger partial charge in [0.25, 0.3) is 0 Å². The minimum Gasteiger partial charge on any atom is -0.317 e. The van der Waals surface area contributed by atoms with Crippen molar-refractivity contribution in [2.45, 2.75) is 0 Å². The number of halogens is 1. The molecule has 0 spiro atoms. The molecule has 2 aromatic heterocycles. The minimum atomic E-state index is 0.951. The average Bonchev–Trinajstić information content (AvgIpc) is 2.47. The molecule has 0 aliphatic carbocycles. The Balaban J connectivity index is 2.76. The van der Waals surface area contributed by atoms with Crippen LogP contribution in [0.15, 0.2) is 18.3 Å². The van der Waals surface area contributed by atoms with Gasteiger partial charge < -0.3 is 3.53 Å². The third-order valence-electron chi connectivity index (χ3n) is 1.32. The molecule has 2 heterocycles. The lowest BCUT2D eigenvalue weighted by Crippen LogP contribution is -1.76. The Labute approximate surface area is 81.5 Å². The summed E-state index contributed by atoms with van der Waals surface area (Å²) in [6.07, 6.45) is 1.77. The molecule has 2 rings (SSSR count). The van der Waals surface area contributed by atoms with Crippen LogP contribution < -0.4 is 3.53 Å². The van der Waals surface area contributed by atoms with E-state index in [2.05, 4.69) is 35.8 Å². The zero-order valence-electron chi connectivity index (χ0n) is 5.41. The van der Waals surface area contributed by atoms with Crippen molar-refractivity contribution in [1.82, 2.24) is 9.36 Å². The number of hydrogen-bond donors (Lipinski definition) is 1. The van der Waals surface area contributed by atoms with Gasteiger partial charge in [0, 0.05) is 6.20 Å².